The molecule has 1 heterocycles. The van der Waals surface area contributed by atoms with Crippen LogP contribution in [-0.2, 0) is 47.6 Å². The largest absolute Gasteiger partial charge is 0.462 e. The number of rotatable bonds is 11. The summed E-state index contributed by atoms with van der Waals surface area (Å²) in [6, 6.07) is 0. The van der Waals surface area contributed by atoms with Gasteiger partial charge in [0.25, 0.3) is 0 Å². The van der Waals surface area contributed by atoms with E-state index in [1.807, 2.05) is 0 Å². The van der Waals surface area contributed by atoms with Gasteiger partial charge in [-0.15, -0.1) is 0 Å². The number of hydrogen-bond acceptors (Lipinski definition) is 10. The zero-order valence-corrected chi connectivity index (χ0v) is 30.3. The van der Waals surface area contributed by atoms with Crippen molar-refractivity contribution in [3.63, 3.8) is 0 Å². The molecule has 1 spiro atoms. The zero-order chi connectivity index (χ0) is 34.8. The van der Waals surface area contributed by atoms with Crippen LogP contribution in [-0.4, -0.2) is 73.7 Å². The van der Waals surface area contributed by atoms with Crippen molar-refractivity contribution in [3.8, 4) is 0 Å². The summed E-state index contributed by atoms with van der Waals surface area (Å²) in [5, 5.41) is 0. The first kappa shape index (κ1) is 39.0. The van der Waals surface area contributed by atoms with Crippen LogP contribution in [0, 0.1) is 27.6 Å². The standard InChI is InChI=1S/C35H60O10/c1-15-16-17-18-19-21-25(40-14)35(21)26(44-30(39)34(11,12)13)24(43-29(38)33(8,9)10)23(42-28(37)32(5,6)7)22(45-35)20-41-27(36)31(2,3)4/h21-26H,15-20H2,1-14H3/t21-,22-,23-,24+,25+,26-,35-/m1/s1. The van der Waals surface area contributed by atoms with Crippen LogP contribution in [0.25, 0.3) is 0 Å². The highest BCUT2D eigenvalue weighted by atomic mass is 16.7. The van der Waals surface area contributed by atoms with Gasteiger partial charge >= 0.3 is 23.9 Å². The molecule has 1 aliphatic carbocycles. The number of methoxy groups -OCH3 is 1. The Hall–Kier alpha value is -2.20. The molecule has 0 N–H and O–H groups in total. The second-order valence-corrected chi connectivity index (χ2v) is 16.8. The van der Waals surface area contributed by atoms with Crippen molar-refractivity contribution in [2.75, 3.05) is 13.7 Å². The van der Waals surface area contributed by atoms with Crippen molar-refractivity contribution >= 4 is 23.9 Å². The van der Waals surface area contributed by atoms with Gasteiger partial charge in [0.1, 0.15) is 18.3 Å². The third kappa shape index (κ3) is 9.43. The van der Waals surface area contributed by atoms with Gasteiger partial charge in [-0.05, 0) is 89.5 Å². The fourth-order valence-corrected chi connectivity index (χ4v) is 5.33. The van der Waals surface area contributed by atoms with Crippen molar-refractivity contribution in [1.29, 1.82) is 0 Å². The third-order valence-electron chi connectivity index (χ3n) is 8.24. The molecule has 0 amide bonds. The lowest BCUT2D eigenvalue weighted by Gasteiger charge is -2.47. The van der Waals surface area contributed by atoms with Gasteiger partial charge in [0, 0.05) is 13.0 Å². The topological polar surface area (TPSA) is 124 Å². The molecule has 260 valence electrons. The smallest absolute Gasteiger partial charge is 0.311 e. The number of carbonyl (C=O) groups is 4. The third-order valence-corrected chi connectivity index (χ3v) is 8.24. The lowest BCUT2D eigenvalue weighted by molar-refractivity contribution is -0.275. The Bertz CT molecular complexity index is 1050. The molecule has 2 fully saturated rings. The minimum Gasteiger partial charge on any atom is -0.462 e. The molecule has 10 heteroatoms. The molecule has 2 rings (SSSR count). The number of ether oxygens (including phenoxy) is 6. The van der Waals surface area contributed by atoms with Crippen molar-refractivity contribution in [2.45, 2.75) is 158 Å². The van der Waals surface area contributed by atoms with E-state index in [1.165, 1.54) is 0 Å². The highest BCUT2D eigenvalue weighted by Gasteiger charge is 2.78. The first-order valence-electron chi connectivity index (χ1n) is 16.4. The number of hydrogen-bond donors (Lipinski definition) is 0. The van der Waals surface area contributed by atoms with Gasteiger partial charge < -0.3 is 28.4 Å². The SMILES string of the molecule is CCCCCC[C@@H]1[C@H](OC)[C@]12O[C@H](COC(=O)C(C)(C)C)[C@@H](OC(=O)C(C)(C)C)[C@H](OC(=O)C(C)(C)C)[C@H]2OC(=O)C(C)(C)C. The molecular weight excluding hydrogens is 580 g/mol. The van der Waals surface area contributed by atoms with E-state index in [0.29, 0.717) is 6.42 Å². The highest BCUT2D eigenvalue weighted by Crippen LogP contribution is 2.59. The van der Waals surface area contributed by atoms with E-state index in [9.17, 15) is 19.2 Å². The Balaban J connectivity index is 2.75. The van der Waals surface area contributed by atoms with E-state index in [2.05, 4.69) is 6.92 Å². The molecule has 10 nitrogen and oxygen atoms in total. The van der Waals surface area contributed by atoms with E-state index in [0.717, 1.165) is 25.7 Å². The lowest BCUT2D eigenvalue weighted by Crippen LogP contribution is -2.66. The van der Waals surface area contributed by atoms with Crippen LogP contribution >= 0.6 is 0 Å². The van der Waals surface area contributed by atoms with Crippen LogP contribution in [0.15, 0.2) is 0 Å². The van der Waals surface area contributed by atoms with Gasteiger partial charge in [-0.2, -0.15) is 0 Å². The molecule has 0 bridgehead atoms. The maximum Gasteiger partial charge on any atom is 0.311 e. The Labute approximate surface area is 270 Å². The van der Waals surface area contributed by atoms with Gasteiger partial charge in [0.2, 0.25) is 0 Å². The van der Waals surface area contributed by atoms with Gasteiger partial charge in [0.15, 0.2) is 18.3 Å². The molecule has 0 aromatic carbocycles. The summed E-state index contributed by atoms with van der Waals surface area (Å²) in [5.41, 5.74) is -4.78. The van der Waals surface area contributed by atoms with Crippen LogP contribution in [0.3, 0.4) is 0 Å². The van der Waals surface area contributed by atoms with E-state index in [1.54, 1.807) is 90.2 Å². The average Bonchev–Trinajstić information content (AvgIpc) is 3.51. The van der Waals surface area contributed by atoms with Crippen molar-refractivity contribution in [1.82, 2.24) is 0 Å². The van der Waals surface area contributed by atoms with Gasteiger partial charge in [-0.25, -0.2) is 0 Å². The van der Waals surface area contributed by atoms with Crippen LogP contribution in [0.5, 0.6) is 0 Å². The minimum absolute atomic E-state index is 0.215. The lowest BCUT2D eigenvalue weighted by atomic mass is 9.88. The normalized spacial score (nSPS) is 28.8. The summed E-state index contributed by atoms with van der Waals surface area (Å²) in [6.07, 6.45) is -0.475. The van der Waals surface area contributed by atoms with Crippen molar-refractivity contribution in [3.05, 3.63) is 0 Å². The monoisotopic (exact) mass is 640 g/mol. The van der Waals surface area contributed by atoms with Gasteiger partial charge in [-0.3, -0.25) is 19.2 Å². The highest BCUT2D eigenvalue weighted by molar-refractivity contribution is 5.78. The predicted octanol–water partition coefficient (Wildman–Crippen LogP) is 6.20. The van der Waals surface area contributed by atoms with E-state index in [4.69, 9.17) is 28.4 Å². The van der Waals surface area contributed by atoms with Gasteiger partial charge in [-0.1, -0.05) is 32.6 Å². The zero-order valence-electron chi connectivity index (χ0n) is 30.3. The maximum atomic E-state index is 13.5. The van der Waals surface area contributed by atoms with Crippen molar-refractivity contribution in [2.24, 2.45) is 27.6 Å². The summed E-state index contributed by atoms with van der Waals surface area (Å²) in [4.78, 5) is 53.4. The first-order chi connectivity index (χ1) is 20.4. The predicted molar refractivity (Wildman–Crippen MR) is 169 cm³/mol. The average molecular weight is 641 g/mol. The summed E-state index contributed by atoms with van der Waals surface area (Å²) in [6.45, 7) is 22.5. The van der Waals surface area contributed by atoms with Gasteiger partial charge in [0.05, 0.1) is 27.8 Å². The summed E-state index contributed by atoms with van der Waals surface area (Å²) in [7, 11) is 1.57. The van der Waals surface area contributed by atoms with E-state index >= 15 is 0 Å². The second kappa shape index (κ2) is 14.3. The molecule has 0 radical (unpaired) electrons. The summed E-state index contributed by atoms with van der Waals surface area (Å²) in [5.74, 6) is -2.36. The molecule has 0 aromatic rings. The van der Waals surface area contributed by atoms with Crippen LogP contribution in [0.2, 0.25) is 0 Å². The van der Waals surface area contributed by atoms with Crippen LogP contribution in [0.4, 0.5) is 0 Å². The molecular formula is C35H60O10. The van der Waals surface area contributed by atoms with E-state index in [-0.39, 0.29) is 12.5 Å². The van der Waals surface area contributed by atoms with Crippen molar-refractivity contribution < 1.29 is 47.6 Å². The molecule has 1 saturated carbocycles. The Kier molecular flexibility index (Phi) is 12.4. The first-order valence-corrected chi connectivity index (χ1v) is 16.4. The fourth-order valence-electron chi connectivity index (χ4n) is 5.33. The number of carbonyl (C=O) groups excluding carboxylic acids is 4. The number of unbranched alkanes of at least 4 members (excludes halogenated alkanes) is 3. The summed E-state index contributed by atoms with van der Waals surface area (Å²) < 4.78 is 37.1. The molecule has 0 aromatic heterocycles. The molecule has 7 atom stereocenters. The molecule has 45 heavy (non-hydrogen) atoms. The second-order valence-electron chi connectivity index (χ2n) is 16.8. The van der Waals surface area contributed by atoms with Crippen LogP contribution < -0.4 is 0 Å². The Morgan fingerprint density at radius 2 is 1.09 bits per heavy atom. The quantitative estimate of drug-likeness (QED) is 0.146. The molecule has 1 aliphatic heterocycles. The van der Waals surface area contributed by atoms with E-state index < -0.39 is 81.7 Å². The summed E-state index contributed by atoms with van der Waals surface area (Å²) >= 11 is 0. The molecule has 2 aliphatic rings. The molecule has 0 unspecified atom stereocenters. The Morgan fingerprint density at radius 1 is 0.622 bits per heavy atom. The fraction of sp³-hybridized carbons (Fsp3) is 0.886. The maximum absolute atomic E-state index is 13.5. The van der Waals surface area contributed by atoms with Crippen LogP contribution in [0.1, 0.15) is 122 Å². The minimum atomic E-state index is -1.26. The molecule has 1 saturated heterocycles. The Morgan fingerprint density at radius 3 is 1.53 bits per heavy atom. The number of esters is 4.